The third-order valence-corrected chi connectivity index (χ3v) is 3.90. The third kappa shape index (κ3) is 5.76. The lowest BCUT2D eigenvalue weighted by molar-refractivity contribution is -0.117. The van der Waals surface area contributed by atoms with Crippen LogP contribution >= 0.6 is 0 Å². The first-order valence-electron chi connectivity index (χ1n) is 8.49. The van der Waals surface area contributed by atoms with Crippen LogP contribution in [0, 0.1) is 0 Å². The molecule has 0 spiro atoms. The van der Waals surface area contributed by atoms with E-state index in [2.05, 4.69) is 5.32 Å². The van der Waals surface area contributed by atoms with Gasteiger partial charge in [0.05, 0.1) is 6.04 Å². The zero-order valence-corrected chi connectivity index (χ0v) is 15.1. The van der Waals surface area contributed by atoms with Crippen LogP contribution in [0.3, 0.4) is 0 Å². The van der Waals surface area contributed by atoms with Crippen molar-refractivity contribution in [2.45, 2.75) is 39.3 Å². The van der Waals surface area contributed by atoms with Crippen LogP contribution in [0.5, 0.6) is 0 Å². The summed E-state index contributed by atoms with van der Waals surface area (Å²) in [5, 5.41) is 3.04. The van der Waals surface area contributed by atoms with E-state index in [-0.39, 0.29) is 18.7 Å². The number of likely N-dealkylation sites (tertiary alicyclic amines) is 1. The van der Waals surface area contributed by atoms with E-state index in [9.17, 15) is 9.59 Å². The van der Waals surface area contributed by atoms with Crippen molar-refractivity contribution < 1.29 is 14.3 Å². The number of ether oxygens (including phenoxy) is 1. The molecule has 0 aromatic heterocycles. The Morgan fingerprint density at radius 1 is 1.38 bits per heavy atom. The maximum Gasteiger partial charge on any atom is 0.410 e. The molecule has 1 atom stereocenters. The Hall–Kier alpha value is -2.24. The fourth-order valence-corrected chi connectivity index (χ4v) is 2.64. The molecule has 1 saturated heterocycles. The molecule has 1 aliphatic heterocycles. The average Bonchev–Trinajstić information content (AvgIpc) is 3.09. The fraction of sp³-hybridized carbons (Fsp3) is 0.556. The van der Waals surface area contributed by atoms with E-state index >= 15 is 0 Å². The monoisotopic (exact) mass is 335 g/mol. The lowest BCUT2D eigenvalue weighted by Crippen LogP contribution is -2.42. The Bertz CT molecular complexity index is 505. The molecule has 1 N–H and O–H groups in total. The van der Waals surface area contributed by atoms with E-state index in [1.165, 1.54) is 0 Å². The van der Waals surface area contributed by atoms with Gasteiger partial charge in [-0.3, -0.25) is 4.79 Å². The summed E-state index contributed by atoms with van der Waals surface area (Å²) in [7, 11) is 3.58. The number of benzene rings is 1. The first-order chi connectivity index (χ1) is 11.6. The highest BCUT2D eigenvalue weighted by Crippen LogP contribution is 2.19. The topological polar surface area (TPSA) is 61.9 Å². The van der Waals surface area contributed by atoms with Crippen molar-refractivity contribution in [3.05, 3.63) is 29.8 Å². The summed E-state index contributed by atoms with van der Waals surface area (Å²) < 4.78 is 5.39. The van der Waals surface area contributed by atoms with Crippen molar-refractivity contribution in [2.75, 3.05) is 32.5 Å². The van der Waals surface area contributed by atoms with Crippen LogP contribution in [0.25, 0.3) is 0 Å². The highest BCUT2D eigenvalue weighted by atomic mass is 16.6. The zero-order chi connectivity index (χ0) is 17.9. The van der Waals surface area contributed by atoms with Crippen LogP contribution in [-0.4, -0.2) is 55.5 Å². The normalized spacial score (nSPS) is 16.0. The van der Waals surface area contributed by atoms with Gasteiger partial charge in [0, 0.05) is 32.9 Å². The molecular formula is C18H29N3O3. The van der Waals surface area contributed by atoms with Gasteiger partial charge in [-0.1, -0.05) is 26.0 Å². The van der Waals surface area contributed by atoms with E-state index in [0.29, 0.717) is 13.1 Å². The Labute approximate surface area is 144 Å². The highest BCUT2D eigenvalue weighted by molar-refractivity contribution is 5.68. The van der Waals surface area contributed by atoms with Crippen LogP contribution in [0.1, 0.15) is 32.3 Å². The predicted octanol–water partition coefficient (Wildman–Crippen LogP) is 2.94. The molecule has 134 valence electrons. The molecule has 24 heavy (non-hydrogen) atoms. The first kappa shape index (κ1) is 19.8. The van der Waals surface area contributed by atoms with Crippen molar-refractivity contribution in [3.8, 4) is 0 Å². The Kier molecular flexibility index (Phi) is 8.68. The average molecular weight is 335 g/mol. The Morgan fingerprint density at radius 3 is 2.62 bits per heavy atom. The summed E-state index contributed by atoms with van der Waals surface area (Å²) in [4.78, 5) is 26.2. The molecule has 1 aromatic rings. The quantitative estimate of drug-likeness (QED) is 0.812. The van der Waals surface area contributed by atoms with Crippen molar-refractivity contribution in [2.24, 2.45) is 0 Å². The number of nitrogens with one attached hydrogen (secondary N) is 1. The molecule has 6 nitrogen and oxygen atoms in total. The van der Waals surface area contributed by atoms with Gasteiger partial charge < -0.3 is 19.9 Å². The smallest absolute Gasteiger partial charge is 0.410 e. The summed E-state index contributed by atoms with van der Waals surface area (Å²) in [6, 6.07) is 7.80. The van der Waals surface area contributed by atoms with E-state index in [1.54, 1.807) is 16.8 Å². The largest absolute Gasteiger partial charge is 0.445 e. The summed E-state index contributed by atoms with van der Waals surface area (Å²) in [5.74, 6) is 0. The van der Waals surface area contributed by atoms with E-state index in [0.717, 1.165) is 30.5 Å². The number of amides is 2. The third-order valence-electron chi connectivity index (χ3n) is 3.90. The predicted molar refractivity (Wildman–Crippen MR) is 95.9 cm³/mol. The van der Waals surface area contributed by atoms with Gasteiger partial charge in [-0.2, -0.15) is 0 Å². The molecule has 1 heterocycles. The summed E-state index contributed by atoms with van der Waals surface area (Å²) in [5.41, 5.74) is 1.97. The van der Waals surface area contributed by atoms with Crippen molar-refractivity contribution >= 4 is 18.2 Å². The summed E-state index contributed by atoms with van der Waals surface area (Å²) in [6.07, 6.45) is 2.33. The van der Waals surface area contributed by atoms with Gasteiger partial charge in [-0.05, 0) is 30.5 Å². The van der Waals surface area contributed by atoms with Crippen molar-refractivity contribution in [3.63, 3.8) is 0 Å². The van der Waals surface area contributed by atoms with E-state index < -0.39 is 0 Å². The van der Waals surface area contributed by atoms with E-state index in [1.807, 2.05) is 45.2 Å². The van der Waals surface area contributed by atoms with Crippen LogP contribution in [-0.2, 0) is 16.1 Å². The standard InChI is InChI=1S/C16H23N3O3.C2H6/c1-17-14-7-5-13(6-8-14)11-22-16(21)19-9-3-4-15(19)10-18(2)12-20;1-2/h5-8,12,15,17H,3-4,9-11H2,1-2H3;1-2H3. The number of anilines is 1. The number of nitrogens with zero attached hydrogens (tertiary/aromatic N) is 2. The van der Waals surface area contributed by atoms with Crippen molar-refractivity contribution in [1.29, 1.82) is 0 Å². The minimum atomic E-state index is -0.306. The van der Waals surface area contributed by atoms with Crippen molar-refractivity contribution in [1.82, 2.24) is 9.80 Å². The molecule has 1 aliphatic rings. The molecular weight excluding hydrogens is 306 g/mol. The van der Waals surface area contributed by atoms with Crippen LogP contribution < -0.4 is 5.32 Å². The number of likely N-dealkylation sites (N-methyl/N-ethyl adjacent to an activating group) is 1. The number of carbonyl (C=O) groups excluding carboxylic acids is 2. The summed E-state index contributed by atoms with van der Waals surface area (Å²) >= 11 is 0. The number of carbonyl (C=O) groups is 2. The second-order valence-electron chi connectivity index (χ2n) is 5.54. The lowest BCUT2D eigenvalue weighted by atomic mass is 10.2. The molecule has 6 heteroatoms. The SMILES string of the molecule is CC.CNc1ccc(COC(=O)N2CCCC2CN(C)C=O)cc1. The van der Waals surface area contributed by atoms with Gasteiger partial charge in [0.15, 0.2) is 0 Å². The van der Waals surface area contributed by atoms with Crippen LogP contribution in [0.15, 0.2) is 24.3 Å². The van der Waals surface area contributed by atoms with Gasteiger partial charge in [0.1, 0.15) is 6.61 Å². The Morgan fingerprint density at radius 2 is 2.04 bits per heavy atom. The lowest BCUT2D eigenvalue weighted by Gasteiger charge is -2.26. The van der Waals surface area contributed by atoms with Gasteiger partial charge in [-0.15, -0.1) is 0 Å². The molecule has 0 aliphatic carbocycles. The van der Waals surface area contributed by atoms with Gasteiger partial charge >= 0.3 is 6.09 Å². The summed E-state index contributed by atoms with van der Waals surface area (Å²) in [6.45, 7) is 5.50. The maximum atomic E-state index is 12.2. The maximum absolute atomic E-state index is 12.2. The van der Waals surface area contributed by atoms with Crippen LogP contribution in [0.4, 0.5) is 10.5 Å². The minimum absolute atomic E-state index is 0.0503. The molecule has 2 rings (SSSR count). The van der Waals surface area contributed by atoms with Gasteiger partial charge in [0.25, 0.3) is 0 Å². The Balaban J connectivity index is 0.00000139. The molecule has 1 fully saturated rings. The van der Waals surface area contributed by atoms with Gasteiger partial charge in [0.2, 0.25) is 6.41 Å². The number of hydrogen-bond acceptors (Lipinski definition) is 4. The molecule has 1 unspecified atom stereocenters. The molecule has 2 amide bonds. The minimum Gasteiger partial charge on any atom is -0.445 e. The van der Waals surface area contributed by atoms with Crippen LogP contribution in [0.2, 0.25) is 0 Å². The molecule has 0 radical (unpaired) electrons. The molecule has 0 bridgehead atoms. The number of rotatable bonds is 6. The number of hydrogen-bond donors (Lipinski definition) is 1. The first-order valence-corrected chi connectivity index (χ1v) is 8.49. The molecule has 1 aromatic carbocycles. The second-order valence-corrected chi connectivity index (χ2v) is 5.54. The zero-order valence-electron chi connectivity index (χ0n) is 15.1. The van der Waals surface area contributed by atoms with Gasteiger partial charge in [-0.25, -0.2) is 4.79 Å². The molecule has 0 saturated carbocycles. The fourth-order valence-electron chi connectivity index (χ4n) is 2.64. The highest BCUT2D eigenvalue weighted by Gasteiger charge is 2.30. The van der Waals surface area contributed by atoms with E-state index in [4.69, 9.17) is 4.74 Å². The second kappa shape index (κ2) is 10.5.